The fourth-order valence-corrected chi connectivity index (χ4v) is 2.72. The Labute approximate surface area is 114 Å². The highest BCUT2D eigenvalue weighted by atomic mass is 32.2. The van der Waals surface area contributed by atoms with E-state index < -0.39 is 21.7 Å². The van der Waals surface area contributed by atoms with Crippen LogP contribution in [-0.2, 0) is 23.6 Å². The van der Waals surface area contributed by atoms with E-state index in [2.05, 4.69) is 9.82 Å². The van der Waals surface area contributed by atoms with Crippen molar-refractivity contribution in [2.24, 2.45) is 7.05 Å². The largest absolute Gasteiger partial charge is 0.381 e. The summed E-state index contributed by atoms with van der Waals surface area (Å²) in [6, 6.07) is 3.13. The molecule has 0 aliphatic heterocycles. The number of hydrogen-bond acceptors (Lipinski definition) is 4. The summed E-state index contributed by atoms with van der Waals surface area (Å²) in [7, 11) is -2.33. The molecule has 0 amide bonds. The molecule has 0 saturated heterocycles. The molecule has 0 atom stereocenters. The third-order valence-corrected chi connectivity index (χ3v) is 3.98. The number of nitrogens with two attached hydrogens (primary N) is 1. The van der Waals surface area contributed by atoms with Crippen molar-refractivity contribution >= 4 is 15.8 Å². The average Bonchev–Trinajstić information content (AvgIpc) is 2.71. The average molecular weight is 302 g/mol. The predicted octanol–water partition coefficient (Wildman–Crippen LogP) is 0.759. The number of rotatable bonds is 4. The summed E-state index contributed by atoms with van der Waals surface area (Å²) in [5, 5.41) is 3.72. The number of sulfonamides is 1. The van der Waals surface area contributed by atoms with Crippen LogP contribution in [0.25, 0.3) is 0 Å². The van der Waals surface area contributed by atoms with Gasteiger partial charge < -0.3 is 5.73 Å². The highest BCUT2D eigenvalue weighted by Gasteiger charge is 2.20. The maximum Gasteiger partial charge on any atom is 0.246 e. The number of aromatic nitrogens is 2. The Morgan fingerprint density at radius 1 is 1.35 bits per heavy atom. The van der Waals surface area contributed by atoms with Gasteiger partial charge in [0.05, 0.1) is 0 Å². The van der Waals surface area contributed by atoms with Crippen LogP contribution in [-0.4, -0.2) is 18.2 Å². The summed E-state index contributed by atoms with van der Waals surface area (Å²) >= 11 is 0. The lowest BCUT2D eigenvalue weighted by molar-refractivity contribution is 0.506. The first kappa shape index (κ1) is 14.4. The molecule has 2 aromatic rings. The van der Waals surface area contributed by atoms with Gasteiger partial charge in [-0.3, -0.25) is 4.68 Å². The SMILES string of the molecule is Cn1cc(S(=O)(=O)NCc2ccc(F)c(F)c2)c(N)n1. The van der Waals surface area contributed by atoms with Gasteiger partial charge in [-0.05, 0) is 17.7 Å². The molecule has 1 aromatic carbocycles. The Bertz CT molecular complexity index is 743. The number of aryl methyl sites for hydroxylation is 1. The van der Waals surface area contributed by atoms with Gasteiger partial charge in [-0.1, -0.05) is 6.07 Å². The van der Waals surface area contributed by atoms with Crippen LogP contribution in [0.5, 0.6) is 0 Å². The van der Waals surface area contributed by atoms with E-state index in [1.54, 1.807) is 0 Å². The van der Waals surface area contributed by atoms with Gasteiger partial charge in [0, 0.05) is 19.8 Å². The van der Waals surface area contributed by atoms with E-state index in [1.165, 1.54) is 24.0 Å². The van der Waals surface area contributed by atoms with Crippen molar-refractivity contribution < 1.29 is 17.2 Å². The van der Waals surface area contributed by atoms with Crippen LogP contribution in [0.15, 0.2) is 29.3 Å². The molecule has 2 rings (SSSR count). The van der Waals surface area contributed by atoms with Crippen LogP contribution in [0.3, 0.4) is 0 Å². The number of nitrogens with one attached hydrogen (secondary N) is 1. The zero-order valence-corrected chi connectivity index (χ0v) is 11.3. The molecule has 3 N–H and O–H groups in total. The Morgan fingerprint density at radius 3 is 2.60 bits per heavy atom. The Morgan fingerprint density at radius 2 is 2.05 bits per heavy atom. The molecule has 0 unspecified atom stereocenters. The molecular weight excluding hydrogens is 290 g/mol. The molecule has 20 heavy (non-hydrogen) atoms. The van der Waals surface area contributed by atoms with Gasteiger partial charge in [0.15, 0.2) is 17.5 Å². The zero-order valence-electron chi connectivity index (χ0n) is 10.5. The van der Waals surface area contributed by atoms with Gasteiger partial charge in [-0.15, -0.1) is 0 Å². The van der Waals surface area contributed by atoms with Crippen molar-refractivity contribution in [1.82, 2.24) is 14.5 Å². The number of benzene rings is 1. The van der Waals surface area contributed by atoms with E-state index in [9.17, 15) is 17.2 Å². The Balaban J connectivity index is 2.17. The first-order valence-corrected chi connectivity index (χ1v) is 7.00. The second kappa shape index (κ2) is 5.17. The Hall–Kier alpha value is -2.00. The lowest BCUT2D eigenvalue weighted by atomic mass is 10.2. The molecule has 0 saturated carbocycles. The minimum absolute atomic E-state index is 0.134. The molecule has 0 bridgehead atoms. The molecule has 0 spiro atoms. The number of nitrogens with zero attached hydrogens (tertiary/aromatic N) is 2. The van der Waals surface area contributed by atoms with Crippen molar-refractivity contribution in [3.05, 3.63) is 41.6 Å². The van der Waals surface area contributed by atoms with Crippen LogP contribution in [0.1, 0.15) is 5.56 Å². The second-order valence-electron chi connectivity index (χ2n) is 4.13. The maximum absolute atomic E-state index is 13.0. The molecule has 6 nitrogen and oxygen atoms in total. The van der Waals surface area contributed by atoms with Crippen LogP contribution in [0.2, 0.25) is 0 Å². The van der Waals surface area contributed by atoms with Crippen molar-refractivity contribution in [2.75, 3.05) is 5.73 Å². The van der Waals surface area contributed by atoms with Crippen molar-refractivity contribution in [3.63, 3.8) is 0 Å². The highest BCUT2D eigenvalue weighted by Crippen LogP contribution is 2.16. The molecule has 1 aromatic heterocycles. The molecule has 0 fully saturated rings. The third kappa shape index (κ3) is 2.94. The quantitative estimate of drug-likeness (QED) is 0.872. The van der Waals surface area contributed by atoms with E-state index >= 15 is 0 Å². The summed E-state index contributed by atoms with van der Waals surface area (Å²) in [6.07, 6.45) is 1.25. The van der Waals surface area contributed by atoms with Crippen LogP contribution in [0, 0.1) is 11.6 Å². The van der Waals surface area contributed by atoms with E-state index in [4.69, 9.17) is 5.73 Å². The molecule has 108 valence electrons. The van der Waals surface area contributed by atoms with E-state index in [-0.39, 0.29) is 22.8 Å². The lowest BCUT2D eigenvalue weighted by Gasteiger charge is -2.06. The third-order valence-electron chi connectivity index (χ3n) is 2.56. The van der Waals surface area contributed by atoms with Crippen LogP contribution >= 0.6 is 0 Å². The number of anilines is 1. The molecule has 0 aliphatic carbocycles. The normalized spacial score (nSPS) is 11.8. The zero-order chi connectivity index (χ0) is 14.9. The van der Waals surface area contributed by atoms with Gasteiger partial charge in [-0.25, -0.2) is 21.9 Å². The minimum atomic E-state index is -3.87. The molecular formula is C11H12F2N4O2S. The molecule has 9 heteroatoms. The molecule has 0 aliphatic rings. The standard InChI is InChI=1S/C11H12F2N4O2S/c1-17-6-10(11(14)16-17)20(18,19)15-5-7-2-3-8(12)9(13)4-7/h2-4,6,15H,5H2,1H3,(H2,14,16). The molecule has 0 radical (unpaired) electrons. The van der Waals surface area contributed by atoms with Crippen LogP contribution < -0.4 is 10.5 Å². The lowest BCUT2D eigenvalue weighted by Crippen LogP contribution is -2.23. The second-order valence-corrected chi connectivity index (χ2v) is 5.86. The number of hydrogen-bond donors (Lipinski definition) is 2. The van der Waals surface area contributed by atoms with Crippen molar-refractivity contribution in [2.45, 2.75) is 11.4 Å². The number of halogens is 2. The van der Waals surface area contributed by atoms with E-state index in [1.807, 2.05) is 0 Å². The van der Waals surface area contributed by atoms with Gasteiger partial charge in [0.1, 0.15) is 4.90 Å². The minimum Gasteiger partial charge on any atom is -0.381 e. The van der Waals surface area contributed by atoms with Gasteiger partial charge in [0.25, 0.3) is 0 Å². The topological polar surface area (TPSA) is 90.0 Å². The van der Waals surface area contributed by atoms with Crippen molar-refractivity contribution in [3.8, 4) is 0 Å². The van der Waals surface area contributed by atoms with Gasteiger partial charge in [-0.2, -0.15) is 5.10 Å². The summed E-state index contributed by atoms with van der Waals surface area (Å²) in [4.78, 5) is -0.164. The van der Waals surface area contributed by atoms with Gasteiger partial charge in [0.2, 0.25) is 10.0 Å². The Kier molecular flexibility index (Phi) is 3.73. The predicted molar refractivity (Wildman–Crippen MR) is 68.0 cm³/mol. The van der Waals surface area contributed by atoms with Crippen molar-refractivity contribution in [1.29, 1.82) is 0 Å². The fraction of sp³-hybridized carbons (Fsp3) is 0.182. The molecule has 1 heterocycles. The first-order chi connectivity index (χ1) is 9.29. The summed E-state index contributed by atoms with van der Waals surface area (Å²) in [6.45, 7) is -0.187. The van der Waals surface area contributed by atoms with E-state index in [0.717, 1.165) is 12.1 Å². The maximum atomic E-state index is 13.0. The smallest absolute Gasteiger partial charge is 0.246 e. The highest BCUT2D eigenvalue weighted by molar-refractivity contribution is 7.89. The first-order valence-electron chi connectivity index (χ1n) is 5.52. The summed E-state index contributed by atoms with van der Waals surface area (Å²) in [5.74, 6) is -2.17. The summed E-state index contributed by atoms with van der Waals surface area (Å²) in [5.41, 5.74) is 5.77. The summed E-state index contributed by atoms with van der Waals surface area (Å²) < 4.78 is 53.2. The van der Waals surface area contributed by atoms with Crippen LogP contribution in [0.4, 0.5) is 14.6 Å². The fourth-order valence-electron chi connectivity index (χ4n) is 1.60. The monoisotopic (exact) mass is 302 g/mol. The van der Waals surface area contributed by atoms with E-state index in [0.29, 0.717) is 0 Å². The van der Waals surface area contributed by atoms with Gasteiger partial charge >= 0.3 is 0 Å². The number of nitrogen functional groups attached to an aromatic ring is 1.